The van der Waals surface area contributed by atoms with E-state index in [9.17, 15) is 23.5 Å². The van der Waals surface area contributed by atoms with Crippen molar-refractivity contribution in [2.24, 2.45) is 0 Å². The third-order valence-corrected chi connectivity index (χ3v) is 5.41. The summed E-state index contributed by atoms with van der Waals surface area (Å²) in [4.78, 5) is 25.9. The number of hydrogen-bond acceptors (Lipinski definition) is 6. The summed E-state index contributed by atoms with van der Waals surface area (Å²) in [6.07, 6.45) is 3.06. The number of nitrogens with zero attached hydrogens (tertiary/aromatic N) is 2. The molecule has 1 saturated carbocycles. The first-order chi connectivity index (χ1) is 14.3. The Morgan fingerprint density at radius 3 is 2.67 bits per heavy atom. The highest BCUT2D eigenvalue weighted by Crippen LogP contribution is 2.46. The highest BCUT2D eigenvalue weighted by atomic mass is 19.3. The summed E-state index contributed by atoms with van der Waals surface area (Å²) in [7, 11) is 0. The van der Waals surface area contributed by atoms with Crippen LogP contribution in [0.1, 0.15) is 35.7 Å². The van der Waals surface area contributed by atoms with Crippen LogP contribution in [0.4, 0.5) is 24.5 Å². The van der Waals surface area contributed by atoms with Gasteiger partial charge < -0.3 is 30.4 Å². The van der Waals surface area contributed by atoms with Crippen molar-refractivity contribution in [2.45, 2.75) is 31.9 Å². The van der Waals surface area contributed by atoms with Gasteiger partial charge in [-0.25, -0.2) is 9.18 Å². The minimum absolute atomic E-state index is 0.0982. The van der Waals surface area contributed by atoms with Crippen LogP contribution in [-0.2, 0) is 0 Å². The molecule has 0 radical (unpaired) electrons. The monoisotopic (exact) mass is 426 g/mol. The molecule has 4 N–H and O–H groups in total. The van der Waals surface area contributed by atoms with Crippen LogP contribution >= 0.6 is 0 Å². The maximum Gasteiger partial charge on any atom is 0.387 e. The number of alkyl halides is 2. The molecule has 30 heavy (non-hydrogen) atoms. The fraction of sp³-hybridized carbons (Fsp3) is 0.474. The largest absolute Gasteiger partial charge is 0.477 e. The molecule has 1 aromatic heterocycles. The number of halogens is 3. The van der Waals surface area contributed by atoms with Gasteiger partial charge in [0.2, 0.25) is 5.43 Å². The highest BCUT2D eigenvalue weighted by molar-refractivity contribution is 6.03. The molecule has 2 fully saturated rings. The molecular weight excluding hydrogens is 405 g/mol. The molecule has 0 amide bonds. The maximum absolute atomic E-state index is 15.4. The summed E-state index contributed by atoms with van der Waals surface area (Å²) < 4.78 is 48.3. The van der Waals surface area contributed by atoms with E-state index in [-0.39, 0.29) is 17.2 Å². The van der Waals surface area contributed by atoms with Gasteiger partial charge >= 0.3 is 12.6 Å². The van der Waals surface area contributed by atoms with E-state index in [0.29, 0.717) is 45.4 Å². The van der Waals surface area contributed by atoms with Crippen molar-refractivity contribution in [1.82, 2.24) is 9.88 Å². The van der Waals surface area contributed by atoms with Gasteiger partial charge in [-0.1, -0.05) is 0 Å². The molecule has 2 aliphatic rings. The number of hydrogen-bond donors (Lipinski definition) is 3. The number of anilines is 2. The van der Waals surface area contributed by atoms with Gasteiger partial charge in [-0.2, -0.15) is 8.78 Å². The minimum Gasteiger partial charge on any atom is -0.477 e. The third kappa shape index (κ3) is 3.42. The van der Waals surface area contributed by atoms with Gasteiger partial charge in [-0.3, -0.25) is 4.79 Å². The number of aromatic nitrogens is 1. The predicted molar refractivity (Wildman–Crippen MR) is 104 cm³/mol. The topological polar surface area (TPSA) is 110 Å². The molecule has 162 valence electrons. The molecule has 4 rings (SSSR count). The average molecular weight is 426 g/mol. The molecule has 1 aromatic carbocycles. The lowest BCUT2D eigenvalue weighted by molar-refractivity contribution is -0.0488. The Labute approximate surface area is 169 Å². The number of carboxylic acid groups (broad SMARTS) is 1. The summed E-state index contributed by atoms with van der Waals surface area (Å²) in [6, 6.07) is -0.213. The minimum atomic E-state index is -3.28. The normalized spacial score (nSPS) is 17.4. The quantitative estimate of drug-likeness (QED) is 0.629. The zero-order valence-corrected chi connectivity index (χ0v) is 16.0. The second-order valence-electron chi connectivity index (χ2n) is 7.41. The van der Waals surface area contributed by atoms with E-state index < -0.39 is 46.2 Å². The predicted octanol–water partition coefficient (Wildman–Crippen LogP) is 2.16. The smallest absolute Gasteiger partial charge is 0.387 e. The Bertz CT molecular complexity index is 1060. The molecule has 2 aromatic rings. The van der Waals surface area contributed by atoms with Crippen molar-refractivity contribution in [1.29, 1.82) is 0 Å². The van der Waals surface area contributed by atoms with Gasteiger partial charge in [-0.05, 0) is 25.8 Å². The van der Waals surface area contributed by atoms with E-state index in [1.165, 1.54) is 4.57 Å². The van der Waals surface area contributed by atoms with E-state index in [2.05, 4.69) is 5.32 Å². The second kappa shape index (κ2) is 7.71. The van der Waals surface area contributed by atoms with Crippen molar-refractivity contribution in [3.8, 4) is 5.75 Å². The number of nitrogen functional groups attached to an aromatic ring is 1. The molecule has 11 heteroatoms. The van der Waals surface area contributed by atoms with E-state index >= 15 is 4.39 Å². The summed E-state index contributed by atoms with van der Waals surface area (Å²) >= 11 is 0. The number of rotatable bonds is 5. The molecule has 0 bridgehead atoms. The van der Waals surface area contributed by atoms with Crippen LogP contribution < -0.4 is 26.1 Å². The molecule has 1 aliphatic heterocycles. The Morgan fingerprint density at radius 1 is 1.30 bits per heavy atom. The molecule has 1 aliphatic carbocycles. The average Bonchev–Trinajstić information content (AvgIpc) is 3.52. The molecule has 8 nitrogen and oxygen atoms in total. The number of fused-ring (bicyclic) bond motifs is 1. The molecule has 0 spiro atoms. The van der Waals surface area contributed by atoms with Crippen molar-refractivity contribution >= 4 is 28.2 Å². The summed E-state index contributed by atoms with van der Waals surface area (Å²) in [5.74, 6) is -3.06. The van der Waals surface area contributed by atoms with E-state index in [1.54, 1.807) is 4.90 Å². The third-order valence-electron chi connectivity index (χ3n) is 5.41. The summed E-state index contributed by atoms with van der Waals surface area (Å²) in [5.41, 5.74) is 3.42. The molecule has 0 unspecified atom stereocenters. The zero-order valence-electron chi connectivity index (χ0n) is 16.0. The van der Waals surface area contributed by atoms with Crippen LogP contribution in [0.15, 0.2) is 11.0 Å². The number of pyridine rings is 1. The Hall–Kier alpha value is -2.95. The molecular formula is C19H21F3N4O4. The number of nitrogens with two attached hydrogens (primary N) is 1. The SMILES string of the molecule is Nc1c(F)c(N2CCCNCC2)c(OC(F)F)c2c1c(=O)c(C(=O)O)cn2C1CC1. The van der Waals surface area contributed by atoms with Gasteiger partial charge in [0.05, 0.1) is 16.6 Å². The number of carboxylic acids is 1. The van der Waals surface area contributed by atoms with Crippen LogP contribution in [0.25, 0.3) is 10.9 Å². The lowest BCUT2D eigenvalue weighted by Crippen LogP contribution is -2.30. The van der Waals surface area contributed by atoms with Crippen molar-refractivity contribution in [2.75, 3.05) is 36.8 Å². The van der Waals surface area contributed by atoms with Gasteiger partial charge in [0.1, 0.15) is 11.3 Å². The van der Waals surface area contributed by atoms with Crippen LogP contribution in [0.5, 0.6) is 5.75 Å². The first-order valence-corrected chi connectivity index (χ1v) is 9.64. The summed E-state index contributed by atoms with van der Waals surface area (Å²) in [6.45, 7) is -1.40. The molecule has 2 heterocycles. The van der Waals surface area contributed by atoms with E-state index in [1.807, 2.05) is 0 Å². The van der Waals surface area contributed by atoms with E-state index in [0.717, 1.165) is 6.20 Å². The number of nitrogens with one attached hydrogen (secondary N) is 1. The first kappa shape index (κ1) is 20.3. The van der Waals surface area contributed by atoms with Crippen molar-refractivity contribution in [3.63, 3.8) is 0 Å². The maximum atomic E-state index is 15.4. The number of ether oxygens (including phenoxy) is 1. The second-order valence-corrected chi connectivity index (χ2v) is 7.41. The van der Waals surface area contributed by atoms with Crippen molar-refractivity contribution < 1.29 is 27.8 Å². The van der Waals surface area contributed by atoms with Gasteiger partial charge in [0.25, 0.3) is 0 Å². The Balaban J connectivity index is 2.11. The van der Waals surface area contributed by atoms with Crippen LogP contribution in [0.2, 0.25) is 0 Å². The lowest BCUT2D eigenvalue weighted by Gasteiger charge is -2.28. The van der Waals surface area contributed by atoms with Crippen LogP contribution in [0, 0.1) is 5.82 Å². The fourth-order valence-corrected chi connectivity index (χ4v) is 3.91. The number of benzene rings is 1. The van der Waals surface area contributed by atoms with Gasteiger partial charge in [0.15, 0.2) is 11.6 Å². The lowest BCUT2D eigenvalue weighted by atomic mass is 10.1. The fourth-order valence-electron chi connectivity index (χ4n) is 3.91. The van der Waals surface area contributed by atoms with Gasteiger partial charge in [-0.15, -0.1) is 0 Å². The molecule has 1 saturated heterocycles. The van der Waals surface area contributed by atoms with Crippen LogP contribution in [-0.4, -0.2) is 48.4 Å². The Kier molecular flexibility index (Phi) is 5.22. The van der Waals surface area contributed by atoms with E-state index in [4.69, 9.17) is 10.5 Å². The first-order valence-electron chi connectivity index (χ1n) is 9.64. The molecule has 0 atom stereocenters. The highest BCUT2D eigenvalue weighted by Gasteiger charge is 2.34. The standard InChI is InChI=1S/C19H21F3N4O4/c20-12-13(23)11-14(26(9-2-3-9)8-10(16(11)27)18(28)29)17(30-19(21)22)15(12)25-6-1-4-24-5-7-25/h8-9,19,24H,1-7,23H2,(H,28,29). The zero-order chi connectivity index (χ0) is 21.6. The number of aromatic carboxylic acids is 1. The van der Waals surface area contributed by atoms with Crippen molar-refractivity contribution in [3.05, 3.63) is 27.8 Å². The van der Waals surface area contributed by atoms with Crippen LogP contribution in [0.3, 0.4) is 0 Å². The Morgan fingerprint density at radius 2 is 2.03 bits per heavy atom. The van der Waals surface area contributed by atoms with Gasteiger partial charge in [0, 0.05) is 31.9 Å². The number of carbonyl (C=O) groups is 1. The summed E-state index contributed by atoms with van der Waals surface area (Å²) in [5, 5.41) is 12.1.